The summed E-state index contributed by atoms with van der Waals surface area (Å²) in [6.45, 7) is 3.04. The molecular weight excluding hydrogens is 386 g/mol. The van der Waals surface area contributed by atoms with Crippen LogP contribution in [0.25, 0.3) is 28.2 Å². The molecule has 0 amide bonds. The second-order valence-corrected chi connectivity index (χ2v) is 7.26. The molecule has 0 aliphatic heterocycles. The Labute approximate surface area is 173 Å². The lowest BCUT2D eigenvalue weighted by Crippen LogP contribution is -2.36. The summed E-state index contributed by atoms with van der Waals surface area (Å²) in [5.41, 5.74) is 4.06. The first-order chi connectivity index (χ1) is 14.4. The molecule has 154 valence electrons. The van der Waals surface area contributed by atoms with Gasteiger partial charge in [-0.1, -0.05) is 6.92 Å². The fraction of sp³-hybridized carbons (Fsp3) is 0.273. The van der Waals surface area contributed by atoms with Gasteiger partial charge in [-0.25, -0.2) is 23.3 Å². The molecule has 4 rings (SSSR count). The van der Waals surface area contributed by atoms with Gasteiger partial charge in [0.25, 0.3) is 5.92 Å². The zero-order valence-electron chi connectivity index (χ0n) is 16.8. The minimum atomic E-state index is -2.79. The first-order valence-electron chi connectivity index (χ1n) is 9.79. The quantitative estimate of drug-likeness (QED) is 0.443. The van der Waals surface area contributed by atoms with E-state index in [1.807, 2.05) is 37.3 Å². The van der Waals surface area contributed by atoms with Crippen molar-refractivity contribution in [3.63, 3.8) is 0 Å². The molecule has 0 aliphatic rings. The smallest absolute Gasteiger partial charge is 0.262 e. The monoisotopic (exact) mass is 408 g/mol. The van der Waals surface area contributed by atoms with Crippen LogP contribution in [-0.4, -0.2) is 43.6 Å². The van der Waals surface area contributed by atoms with Gasteiger partial charge in [-0.05, 0) is 42.8 Å². The Morgan fingerprint density at radius 3 is 2.43 bits per heavy atom. The molecule has 0 atom stereocenters. The highest BCUT2D eigenvalue weighted by Gasteiger charge is 2.25. The van der Waals surface area contributed by atoms with Gasteiger partial charge in [0.15, 0.2) is 5.65 Å². The summed E-state index contributed by atoms with van der Waals surface area (Å²) in [5.74, 6) is -2.26. The molecule has 0 saturated carbocycles. The lowest BCUT2D eigenvalue weighted by molar-refractivity contribution is 0.0298. The molecular formula is C22H22F2N6. The van der Waals surface area contributed by atoms with E-state index in [2.05, 4.69) is 15.0 Å². The number of alkyl halides is 2. The van der Waals surface area contributed by atoms with Crippen LogP contribution in [0, 0.1) is 0 Å². The van der Waals surface area contributed by atoms with E-state index in [1.165, 1.54) is 0 Å². The molecule has 30 heavy (non-hydrogen) atoms. The lowest BCUT2D eigenvalue weighted by Gasteiger charge is -2.26. The van der Waals surface area contributed by atoms with E-state index in [-0.39, 0.29) is 6.54 Å². The van der Waals surface area contributed by atoms with E-state index in [4.69, 9.17) is 5.10 Å². The van der Waals surface area contributed by atoms with Crippen LogP contribution in [0.1, 0.15) is 20.3 Å². The minimum absolute atomic E-state index is 0.361. The average molecular weight is 408 g/mol. The minimum Gasteiger partial charge on any atom is -0.351 e. The topological polar surface area (TPSA) is 59.2 Å². The second kappa shape index (κ2) is 8.14. The van der Waals surface area contributed by atoms with Gasteiger partial charge in [0.2, 0.25) is 0 Å². The number of aromatic nitrogens is 5. The SMILES string of the molecule is CCCN(CC(C)(F)F)c1ccc(-c2cnc3ccc(-c4ccncc4)nn23)cn1. The van der Waals surface area contributed by atoms with Crippen LogP contribution in [0.15, 0.2) is 61.2 Å². The molecule has 0 fully saturated rings. The summed E-state index contributed by atoms with van der Waals surface area (Å²) in [7, 11) is 0. The summed E-state index contributed by atoms with van der Waals surface area (Å²) >= 11 is 0. The maximum Gasteiger partial charge on any atom is 0.262 e. The van der Waals surface area contributed by atoms with Gasteiger partial charge in [0.05, 0.1) is 24.1 Å². The number of halogens is 2. The zero-order valence-corrected chi connectivity index (χ0v) is 16.8. The number of rotatable bonds is 7. The molecule has 0 bridgehead atoms. The highest BCUT2D eigenvalue weighted by molar-refractivity contribution is 5.66. The summed E-state index contributed by atoms with van der Waals surface area (Å²) in [4.78, 5) is 14.5. The van der Waals surface area contributed by atoms with Crippen LogP contribution in [0.3, 0.4) is 0 Å². The van der Waals surface area contributed by atoms with Crippen molar-refractivity contribution in [3.8, 4) is 22.5 Å². The Kier molecular flexibility index (Phi) is 5.39. The van der Waals surface area contributed by atoms with E-state index >= 15 is 0 Å². The van der Waals surface area contributed by atoms with Crippen LogP contribution < -0.4 is 4.90 Å². The van der Waals surface area contributed by atoms with Gasteiger partial charge in [0, 0.05) is 43.2 Å². The van der Waals surface area contributed by atoms with Gasteiger partial charge < -0.3 is 4.90 Å². The van der Waals surface area contributed by atoms with Crippen LogP contribution in [0.4, 0.5) is 14.6 Å². The van der Waals surface area contributed by atoms with Crippen LogP contribution >= 0.6 is 0 Å². The number of anilines is 1. The third-order valence-electron chi connectivity index (χ3n) is 4.67. The van der Waals surface area contributed by atoms with Crippen molar-refractivity contribution in [3.05, 3.63) is 61.2 Å². The van der Waals surface area contributed by atoms with Gasteiger partial charge >= 0.3 is 0 Å². The molecule has 0 spiro atoms. The number of nitrogens with zero attached hydrogens (tertiary/aromatic N) is 6. The Bertz CT molecular complexity index is 1120. The maximum atomic E-state index is 13.5. The van der Waals surface area contributed by atoms with Crippen LogP contribution in [0.2, 0.25) is 0 Å². The summed E-state index contributed by atoms with van der Waals surface area (Å²) < 4.78 is 28.8. The Morgan fingerprint density at radius 2 is 1.77 bits per heavy atom. The van der Waals surface area contributed by atoms with E-state index in [0.717, 1.165) is 35.9 Å². The number of fused-ring (bicyclic) bond motifs is 1. The van der Waals surface area contributed by atoms with E-state index in [9.17, 15) is 8.78 Å². The first kappa shape index (κ1) is 19.9. The van der Waals surface area contributed by atoms with Crippen molar-refractivity contribution in [2.45, 2.75) is 26.2 Å². The third kappa shape index (κ3) is 4.27. The number of hydrogen-bond donors (Lipinski definition) is 0. The zero-order chi connectivity index (χ0) is 21.1. The van der Waals surface area contributed by atoms with Crippen molar-refractivity contribution in [2.75, 3.05) is 18.0 Å². The normalized spacial score (nSPS) is 11.7. The Morgan fingerprint density at radius 1 is 0.967 bits per heavy atom. The molecule has 4 aromatic heterocycles. The fourth-order valence-corrected chi connectivity index (χ4v) is 3.35. The van der Waals surface area contributed by atoms with Gasteiger partial charge in [-0.15, -0.1) is 0 Å². The van der Waals surface area contributed by atoms with E-state index in [1.54, 1.807) is 40.3 Å². The molecule has 0 aliphatic carbocycles. The molecule has 0 radical (unpaired) electrons. The van der Waals surface area contributed by atoms with Crippen molar-refractivity contribution < 1.29 is 8.78 Å². The van der Waals surface area contributed by atoms with Gasteiger partial charge in [-0.2, -0.15) is 5.10 Å². The van der Waals surface area contributed by atoms with Crippen molar-refractivity contribution in [1.29, 1.82) is 0 Å². The van der Waals surface area contributed by atoms with Crippen LogP contribution in [-0.2, 0) is 0 Å². The van der Waals surface area contributed by atoms with Crippen molar-refractivity contribution >= 4 is 11.5 Å². The summed E-state index contributed by atoms with van der Waals surface area (Å²) in [5, 5.41) is 4.71. The van der Waals surface area contributed by atoms with Crippen molar-refractivity contribution in [1.82, 2.24) is 24.6 Å². The molecule has 0 aromatic carbocycles. The average Bonchev–Trinajstić information content (AvgIpc) is 3.16. The fourth-order valence-electron chi connectivity index (χ4n) is 3.35. The first-order valence-corrected chi connectivity index (χ1v) is 9.79. The largest absolute Gasteiger partial charge is 0.351 e. The van der Waals surface area contributed by atoms with Gasteiger partial charge in [-0.3, -0.25) is 4.98 Å². The summed E-state index contributed by atoms with van der Waals surface area (Å²) in [6.07, 6.45) is 7.62. The highest BCUT2D eigenvalue weighted by atomic mass is 19.3. The Balaban J connectivity index is 1.67. The van der Waals surface area contributed by atoms with E-state index < -0.39 is 5.92 Å². The second-order valence-electron chi connectivity index (χ2n) is 7.26. The third-order valence-corrected chi connectivity index (χ3v) is 4.67. The molecule has 4 aromatic rings. The number of imidazole rings is 1. The van der Waals surface area contributed by atoms with Gasteiger partial charge in [0.1, 0.15) is 5.82 Å². The van der Waals surface area contributed by atoms with E-state index in [0.29, 0.717) is 18.0 Å². The predicted molar refractivity (Wildman–Crippen MR) is 113 cm³/mol. The number of pyridine rings is 2. The van der Waals surface area contributed by atoms with Crippen molar-refractivity contribution in [2.24, 2.45) is 0 Å². The predicted octanol–water partition coefficient (Wildman–Crippen LogP) is 4.72. The molecule has 8 heteroatoms. The summed E-state index contributed by atoms with van der Waals surface area (Å²) in [6, 6.07) is 11.2. The molecule has 0 unspecified atom stereocenters. The lowest BCUT2D eigenvalue weighted by atomic mass is 10.2. The molecule has 6 nitrogen and oxygen atoms in total. The standard InChI is InChI=1S/C22H22F2N6/c1-3-12-29(15-22(2,23)24)20-6-4-17(13-26-20)19-14-27-21-7-5-18(28-30(19)21)16-8-10-25-11-9-16/h4-11,13-14H,3,12,15H2,1-2H3. The number of hydrogen-bond acceptors (Lipinski definition) is 5. The molecule has 0 N–H and O–H groups in total. The van der Waals surface area contributed by atoms with Crippen LogP contribution in [0.5, 0.6) is 0 Å². The maximum absolute atomic E-state index is 13.5. The highest BCUT2D eigenvalue weighted by Crippen LogP contribution is 2.25. The molecule has 0 saturated heterocycles. The molecule has 4 heterocycles. The Hall–Kier alpha value is -3.42.